The molecule has 9 atom stereocenters. The lowest BCUT2D eigenvalue weighted by Crippen LogP contribution is -2.56. The number of aliphatic hydroxyl groups excluding tert-OH is 2. The van der Waals surface area contributed by atoms with E-state index >= 15 is 8.78 Å². The first-order valence-electron chi connectivity index (χ1n) is 14.3. The Morgan fingerprint density at radius 2 is 1.80 bits per heavy atom. The van der Waals surface area contributed by atoms with Crippen LogP contribution in [0.25, 0.3) is 0 Å². The molecule has 3 heterocycles. The number of carbonyl (C=O) groups excluding carboxylic acids is 2. The topological polar surface area (TPSA) is 330 Å². The van der Waals surface area contributed by atoms with Gasteiger partial charge in [-0.05, 0) is 6.72 Å². The minimum Gasteiger partial charge on any atom is -0.386 e. The maximum atomic E-state index is 15.6. The lowest BCUT2D eigenvalue weighted by Gasteiger charge is -2.33. The van der Waals surface area contributed by atoms with Crippen LogP contribution in [-0.4, -0.2) is 146 Å². The molecule has 3 aliphatic heterocycles. The second-order valence-electron chi connectivity index (χ2n) is 11.4. The van der Waals surface area contributed by atoms with Gasteiger partial charge in [-0.25, -0.2) is 38.1 Å². The summed E-state index contributed by atoms with van der Waals surface area (Å²) in [6.07, 6.45) is -9.03. The second-order valence-corrected chi connectivity index (χ2v) is 16.1. The van der Waals surface area contributed by atoms with Gasteiger partial charge in [0.2, 0.25) is 11.8 Å². The number of hydrogen-bond acceptors (Lipinski definition) is 18. The van der Waals surface area contributed by atoms with Gasteiger partial charge in [-0.1, -0.05) is 13.8 Å². The van der Waals surface area contributed by atoms with Gasteiger partial charge in [0.1, 0.15) is 30.8 Å². The van der Waals surface area contributed by atoms with Crippen LogP contribution in [0.15, 0.2) is 20.0 Å². The minimum atomic E-state index is -5.67. The lowest BCUT2D eigenvalue weighted by atomic mass is 9.87. The standard InChI is InChI=1S/C22H36F2N7O16P3S/c1-20(2,16(34)17(35)27-5-4-13(32)26-6-7-51)9-44-50(41,42)47-49(39,40)43-8-12-15(46-48(36,37)38)14(33)18(45-12)31-11-30-21(23)19(31)28-10-29-22(21,24)25-3/h10-12,14-16,18,33-34,51H,3-9H2,1-2H3,(H,26,32)(H,27,35)(H,39,40)(H,41,42)(H2,36,37,38)/t12-,14-,15-,16+,18-,21?,22?/m1/s1. The summed E-state index contributed by atoms with van der Waals surface area (Å²) in [7, 11) is -16.7. The number of hydrogen-bond donors (Lipinski definition) is 9. The number of ether oxygens (including phenoxy) is 1. The molecule has 23 nitrogen and oxygen atoms in total. The van der Waals surface area contributed by atoms with Crippen LogP contribution in [0.1, 0.15) is 20.3 Å². The number of aliphatic hydroxyl groups is 2. The van der Waals surface area contributed by atoms with Gasteiger partial charge < -0.3 is 45.2 Å². The summed E-state index contributed by atoms with van der Waals surface area (Å²) in [6, 6.07) is 0. The van der Waals surface area contributed by atoms with E-state index in [9.17, 15) is 53.1 Å². The molecule has 8 N–H and O–H groups in total. The normalized spacial score (nSPS) is 30.6. The monoisotopic (exact) mass is 817 g/mol. The molecule has 0 aromatic heterocycles. The zero-order valence-corrected chi connectivity index (χ0v) is 30.1. The van der Waals surface area contributed by atoms with Gasteiger partial charge in [0.25, 0.3) is 0 Å². The zero-order chi connectivity index (χ0) is 38.6. The van der Waals surface area contributed by atoms with Crippen molar-refractivity contribution in [2.75, 3.05) is 32.1 Å². The molecule has 1 fully saturated rings. The van der Waals surface area contributed by atoms with Gasteiger partial charge in [0.05, 0.1) is 19.6 Å². The molecule has 2 amide bonds. The number of nitrogens with zero attached hydrogens (tertiary/aromatic N) is 5. The molecule has 3 rings (SSSR count). The summed E-state index contributed by atoms with van der Waals surface area (Å²) < 4.78 is 90.8. The fourth-order valence-electron chi connectivity index (χ4n) is 4.46. The van der Waals surface area contributed by atoms with Crippen molar-refractivity contribution in [2.45, 2.75) is 62.6 Å². The van der Waals surface area contributed by atoms with Gasteiger partial charge in [0.15, 0.2) is 12.1 Å². The number of thiol groups is 1. The summed E-state index contributed by atoms with van der Waals surface area (Å²) >= 11 is 3.94. The Balaban J connectivity index is 1.63. The predicted octanol–water partition coefficient (Wildman–Crippen LogP) is -1.49. The van der Waals surface area contributed by atoms with Crippen LogP contribution >= 0.6 is 36.1 Å². The highest BCUT2D eigenvalue weighted by Gasteiger charge is 2.65. The second kappa shape index (κ2) is 16.5. The maximum absolute atomic E-state index is 15.6. The molecule has 0 radical (unpaired) electrons. The number of phosphoric ester groups is 3. The van der Waals surface area contributed by atoms with Crippen molar-refractivity contribution in [3.63, 3.8) is 0 Å². The summed E-state index contributed by atoms with van der Waals surface area (Å²) in [5, 5.41) is 26.0. The van der Waals surface area contributed by atoms with Crippen molar-refractivity contribution in [1.82, 2.24) is 15.5 Å². The van der Waals surface area contributed by atoms with E-state index < -0.39 is 102 Å². The number of fused-ring (bicyclic) bond motifs is 1. The number of aliphatic imine (C=N–C) groups is 4. The zero-order valence-electron chi connectivity index (χ0n) is 26.5. The quantitative estimate of drug-likeness (QED) is 0.0310. The molecule has 0 saturated carbocycles. The number of amidine groups is 1. The number of carbonyl (C=O) groups is 2. The summed E-state index contributed by atoms with van der Waals surface area (Å²) in [5.41, 5.74) is -1.63. The highest BCUT2D eigenvalue weighted by Crippen LogP contribution is 2.61. The largest absolute Gasteiger partial charge is 0.481 e. The maximum Gasteiger partial charge on any atom is 0.481 e. The molecule has 0 aromatic carbocycles. The van der Waals surface area contributed by atoms with Crippen molar-refractivity contribution in [2.24, 2.45) is 25.4 Å². The smallest absolute Gasteiger partial charge is 0.386 e. The van der Waals surface area contributed by atoms with E-state index in [0.717, 1.165) is 0 Å². The van der Waals surface area contributed by atoms with E-state index in [2.05, 4.69) is 67.8 Å². The van der Waals surface area contributed by atoms with Gasteiger partial charge in [-0.2, -0.15) is 21.3 Å². The van der Waals surface area contributed by atoms with E-state index in [1.54, 1.807) is 0 Å². The van der Waals surface area contributed by atoms with Crippen LogP contribution in [0.2, 0.25) is 0 Å². The van der Waals surface area contributed by atoms with Crippen LogP contribution in [0, 0.1) is 5.41 Å². The number of amides is 2. The van der Waals surface area contributed by atoms with Gasteiger partial charge >= 0.3 is 35.2 Å². The van der Waals surface area contributed by atoms with E-state index in [-0.39, 0.29) is 13.0 Å². The van der Waals surface area contributed by atoms with Crippen LogP contribution in [0.4, 0.5) is 8.78 Å². The predicted molar refractivity (Wildman–Crippen MR) is 172 cm³/mol. The molecular weight excluding hydrogens is 781 g/mol. The van der Waals surface area contributed by atoms with E-state index in [0.29, 0.717) is 29.9 Å². The molecule has 0 spiro atoms. The number of rotatable bonds is 19. The fraction of sp³-hybridized carbons (Fsp3) is 0.727. The number of nitrogens with one attached hydrogen (secondary N) is 2. The molecule has 0 bridgehead atoms. The molecule has 1 saturated heterocycles. The first-order chi connectivity index (χ1) is 23.4. The van der Waals surface area contributed by atoms with Gasteiger partial charge in [0, 0.05) is 30.7 Å². The summed E-state index contributed by atoms with van der Waals surface area (Å²) in [6.45, 7) is 3.28. The van der Waals surface area contributed by atoms with Crippen molar-refractivity contribution < 1.29 is 84.5 Å². The van der Waals surface area contributed by atoms with Crippen LogP contribution in [-0.2, 0) is 45.9 Å². The third-order valence-electron chi connectivity index (χ3n) is 7.07. The Morgan fingerprint density at radius 1 is 1.16 bits per heavy atom. The molecule has 29 heteroatoms. The van der Waals surface area contributed by atoms with Crippen molar-refractivity contribution in [1.29, 1.82) is 0 Å². The Bertz CT molecular complexity index is 1570. The Kier molecular flexibility index (Phi) is 14.0. The summed E-state index contributed by atoms with van der Waals surface area (Å²) in [4.78, 5) is 76.5. The third-order valence-corrected chi connectivity index (χ3v) is 10.4. The molecular formula is C22H36F2N7O16P3S. The highest BCUT2D eigenvalue weighted by molar-refractivity contribution is 7.80. The number of alkyl halides is 2. The lowest BCUT2D eigenvalue weighted by molar-refractivity contribution is -0.137. The van der Waals surface area contributed by atoms with Crippen molar-refractivity contribution in [3.8, 4) is 0 Å². The first kappa shape index (κ1) is 43.3. The first-order valence-corrected chi connectivity index (χ1v) is 19.4. The molecule has 51 heavy (non-hydrogen) atoms. The van der Waals surface area contributed by atoms with Crippen LogP contribution < -0.4 is 10.6 Å². The molecule has 0 aromatic rings. The molecule has 290 valence electrons. The number of phosphoric acid groups is 3. The van der Waals surface area contributed by atoms with Gasteiger partial charge in [-0.15, -0.1) is 0 Å². The van der Waals surface area contributed by atoms with Crippen LogP contribution in [0.3, 0.4) is 0 Å². The Hall–Kier alpha value is -2.12. The molecule has 0 aliphatic carbocycles. The van der Waals surface area contributed by atoms with Crippen LogP contribution in [0.5, 0.6) is 0 Å². The van der Waals surface area contributed by atoms with E-state index in [1.807, 2.05) is 0 Å². The van der Waals surface area contributed by atoms with Gasteiger partial charge in [-0.3, -0.25) is 28.1 Å². The Labute approximate surface area is 293 Å². The molecule has 3 aliphatic rings. The Morgan fingerprint density at radius 3 is 2.41 bits per heavy atom. The van der Waals surface area contributed by atoms with Crippen molar-refractivity contribution in [3.05, 3.63) is 0 Å². The van der Waals surface area contributed by atoms with E-state index in [4.69, 9.17) is 4.74 Å². The number of halogens is 2. The summed E-state index contributed by atoms with van der Waals surface area (Å²) in [5.74, 6) is -8.72. The van der Waals surface area contributed by atoms with Crippen molar-refractivity contribution >= 4 is 73.1 Å². The van der Waals surface area contributed by atoms with E-state index in [1.165, 1.54) is 13.8 Å². The average Bonchev–Trinajstić information content (AvgIpc) is 3.53. The molecule has 4 unspecified atom stereocenters. The minimum absolute atomic E-state index is 0.130. The fourth-order valence-corrected chi connectivity index (χ4v) is 7.40. The SMILES string of the molecule is C=NC1(F)N=CN=C2N([C@@H]3O[C@H](COP(=O)(O)OP(=O)(O)OCC(C)(C)[C@@H](O)C(=O)NCCC(=O)NCCS)[C@@H](OP(=O)(O)O)[C@H]3O)C=NC21F. The third kappa shape index (κ3) is 10.7. The highest BCUT2D eigenvalue weighted by atomic mass is 32.1. The average molecular weight is 818 g/mol.